The molecule has 6 nitrogen and oxygen atoms in total. The molecule has 1 N–H and O–H groups in total. The van der Waals surface area contributed by atoms with E-state index in [9.17, 15) is 19.7 Å². The Balaban J connectivity index is 2.49. The van der Waals surface area contributed by atoms with Crippen LogP contribution in [0, 0.1) is 17.0 Å². The smallest absolute Gasteiger partial charge is 0.280 e. The largest absolute Gasteiger partial charge is 0.316 e. The Kier molecular flexibility index (Phi) is 5.24. The standard InChI is InChI=1S/C14H11IN2O4S/c1-8-7-22-14(16-11(18)6-15)12(8)13(19)9-4-2-3-5-10(9)17(20)21/h2-5,7H,6H2,1H3,(H,16,18). The third-order valence-corrected chi connectivity index (χ3v) is 4.63. The molecule has 0 bridgehead atoms. The lowest BCUT2D eigenvalue weighted by Gasteiger charge is -2.06. The van der Waals surface area contributed by atoms with Crippen LogP contribution in [-0.4, -0.2) is 21.0 Å². The molecule has 1 aromatic heterocycles. The van der Waals surface area contributed by atoms with Crippen molar-refractivity contribution in [3.63, 3.8) is 0 Å². The summed E-state index contributed by atoms with van der Waals surface area (Å²) in [5.41, 5.74) is 0.748. The highest BCUT2D eigenvalue weighted by atomic mass is 127. The van der Waals surface area contributed by atoms with Gasteiger partial charge in [-0.1, -0.05) is 34.7 Å². The molecular weight excluding hydrogens is 419 g/mol. The number of nitro groups is 1. The zero-order chi connectivity index (χ0) is 16.3. The van der Waals surface area contributed by atoms with Crippen molar-refractivity contribution in [1.82, 2.24) is 0 Å². The minimum Gasteiger partial charge on any atom is -0.316 e. The first-order chi connectivity index (χ1) is 10.5. The summed E-state index contributed by atoms with van der Waals surface area (Å²) in [4.78, 5) is 34.7. The summed E-state index contributed by atoms with van der Waals surface area (Å²) < 4.78 is 0.258. The van der Waals surface area contributed by atoms with Gasteiger partial charge in [0.1, 0.15) is 10.6 Å². The summed E-state index contributed by atoms with van der Waals surface area (Å²) in [5, 5.41) is 15.9. The topological polar surface area (TPSA) is 89.3 Å². The van der Waals surface area contributed by atoms with Gasteiger partial charge < -0.3 is 5.32 Å². The maximum absolute atomic E-state index is 12.7. The Labute approximate surface area is 143 Å². The van der Waals surface area contributed by atoms with Crippen LogP contribution in [0.5, 0.6) is 0 Å². The van der Waals surface area contributed by atoms with E-state index in [0.29, 0.717) is 16.1 Å². The number of nitrogens with zero attached hydrogens (tertiary/aromatic N) is 1. The highest BCUT2D eigenvalue weighted by Crippen LogP contribution is 2.32. The van der Waals surface area contributed by atoms with Crippen molar-refractivity contribution in [2.75, 3.05) is 9.74 Å². The van der Waals surface area contributed by atoms with Crippen molar-refractivity contribution in [3.8, 4) is 0 Å². The highest BCUT2D eigenvalue weighted by Gasteiger charge is 2.25. The average Bonchev–Trinajstić information content (AvgIpc) is 2.87. The van der Waals surface area contributed by atoms with Gasteiger partial charge in [-0.05, 0) is 23.9 Å². The lowest BCUT2D eigenvalue weighted by Crippen LogP contribution is -2.15. The van der Waals surface area contributed by atoms with Crippen molar-refractivity contribution < 1.29 is 14.5 Å². The van der Waals surface area contributed by atoms with Gasteiger partial charge in [-0.25, -0.2) is 0 Å². The van der Waals surface area contributed by atoms with E-state index in [2.05, 4.69) is 5.32 Å². The number of hydrogen-bond acceptors (Lipinski definition) is 5. The molecule has 0 radical (unpaired) electrons. The van der Waals surface area contributed by atoms with E-state index in [1.54, 1.807) is 18.4 Å². The number of nitrogens with one attached hydrogen (secondary N) is 1. The van der Waals surface area contributed by atoms with Crippen LogP contribution in [0.1, 0.15) is 21.5 Å². The molecular formula is C14H11IN2O4S. The van der Waals surface area contributed by atoms with Crippen LogP contribution in [0.3, 0.4) is 0 Å². The zero-order valence-electron chi connectivity index (χ0n) is 11.5. The summed E-state index contributed by atoms with van der Waals surface area (Å²) in [6, 6.07) is 5.79. The molecule has 0 fully saturated rings. The predicted octanol–water partition coefficient (Wildman–Crippen LogP) is 3.57. The molecule has 1 heterocycles. The average molecular weight is 430 g/mol. The van der Waals surface area contributed by atoms with Crippen LogP contribution in [0.4, 0.5) is 10.7 Å². The van der Waals surface area contributed by atoms with Crippen molar-refractivity contribution in [1.29, 1.82) is 0 Å². The van der Waals surface area contributed by atoms with Crippen LogP contribution in [-0.2, 0) is 4.79 Å². The fourth-order valence-electron chi connectivity index (χ4n) is 1.94. The Bertz CT molecular complexity index is 757. The second-order valence-corrected chi connectivity index (χ2v) is 6.05. The quantitative estimate of drug-likeness (QED) is 0.258. The van der Waals surface area contributed by atoms with Crippen LogP contribution in [0.2, 0.25) is 0 Å². The van der Waals surface area contributed by atoms with E-state index >= 15 is 0 Å². The van der Waals surface area contributed by atoms with E-state index in [0.717, 1.165) is 0 Å². The van der Waals surface area contributed by atoms with E-state index < -0.39 is 10.7 Å². The Morgan fingerprint density at radius 2 is 2.05 bits per heavy atom. The number of halogens is 1. The number of thiophene rings is 1. The van der Waals surface area contributed by atoms with Gasteiger partial charge in [0.25, 0.3) is 5.69 Å². The summed E-state index contributed by atoms with van der Waals surface area (Å²) in [6.07, 6.45) is 0. The van der Waals surface area contributed by atoms with Gasteiger partial charge in [-0.2, -0.15) is 0 Å². The third kappa shape index (κ3) is 3.33. The summed E-state index contributed by atoms with van der Waals surface area (Å²) in [7, 11) is 0. The monoisotopic (exact) mass is 430 g/mol. The Morgan fingerprint density at radius 1 is 1.36 bits per heavy atom. The number of benzene rings is 1. The van der Waals surface area contributed by atoms with E-state index in [4.69, 9.17) is 0 Å². The number of para-hydroxylation sites is 1. The lowest BCUT2D eigenvalue weighted by atomic mass is 10.0. The summed E-state index contributed by atoms with van der Waals surface area (Å²) >= 11 is 3.15. The van der Waals surface area contributed by atoms with Crippen LogP contribution >= 0.6 is 33.9 Å². The first kappa shape index (κ1) is 16.6. The maximum Gasteiger partial charge on any atom is 0.280 e. The molecule has 1 aromatic carbocycles. The Morgan fingerprint density at radius 3 is 2.68 bits per heavy atom. The minimum absolute atomic E-state index is 0.0129. The molecule has 0 aliphatic heterocycles. The van der Waals surface area contributed by atoms with Crippen LogP contribution < -0.4 is 5.32 Å². The molecule has 22 heavy (non-hydrogen) atoms. The molecule has 0 unspecified atom stereocenters. The molecule has 0 aliphatic rings. The van der Waals surface area contributed by atoms with Crippen LogP contribution in [0.25, 0.3) is 0 Å². The normalized spacial score (nSPS) is 10.3. The lowest BCUT2D eigenvalue weighted by molar-refractivity contribution is -0.385. The van der Waals surface area contributed by atoms with Gasteiger partial charge in [0.15, 0.2) is 0 Å². The molecule has 2 aromatic rings. The first-order valence-corrected chi connectivity index (χ1v) is 8.58. The SMILES string of the molecule is Cc1csc(NC(=O)CI)c1C(=O)c1ccccc1[N+](=O)[O-]. The number of rotatable bonds is 5. The first-order valence-electron chi connectivity index (χ1n) is 6.17. The summed E-state index contributed by atoms with van der Waals surface area (Å²) in [5.74, 6) is -0.686. The van der Waals surface area contributed by atoms with E-state index in [1.807, 2.05) is 22.6 Å². The number of aryl methyl sites for hydroxylation is 1. The highest BCUT2D eigenvalue weighted by molar-refractivity contribution is 14.1. The van der Waals surface area contributed by atoms with Crippen molar-refractivity contribution >= 4 is 56.3 Å². The fraction of sp³-hybridized carbons (Fsp3) is 0.143. The third-order valence-electron chi connectivity index (χ3n) is 2.92. The number of nitro benzene ring substituents is 1. The number of amides is 1. The number of hydrogen-bond donors (Lipinski definition) is 1. The minimum atomic E-state index is -0.585. The van der Waals surface area contributed by atoms with Gasteiger partial charge in [0.05, 0.1) is 14.9 Å². The Hall–Kier alpha value is -1.81. The molecule has 0 aliphatic carbocycles. The van der Waals surface area contributed by atoms with Crippen molar-refractivity contribution in [2.24, 2.45) is 0 Å². The molecule has 0 atom stereocenters. The molecule has 0 spiro atoms. The zero-order valence-corrected chi connectivity index (χ0v) is 14.4. The molecule has 2 rings (SSSR count). The van der Waals surface area contributed by atoms with Gasteiger partial charge in [0, 0.05) is 6.07 Å². The fourth-order valence-corrected chi connectivity index (χ4v) is 3.09. The second kappa shape index (κ2) is 6.97. The van der Waals surface area contributed by atoms with Crippen LogP contribution in [0.15, 0.2) is 29.6 Å². The van der Waals surface area contributed by atoms with Gasteiger partial charge in [0.2, 0.25) is 11.7 Å². The second-order valence-electron chi connectivity index (χ2n) is 4.41. The van der Waals surface area contributed by atoms with E-state index in [1.165, 1.54) is 29.5 Å². The van der Waals surface area contributed by atoms with Crippen molar-refractivity contribution in [2.45, 2.75) is 6.92 Å². The predicted molar refractivity (Wildman–Crippen MR) is 93.1 cm³/mol. The number of carbonyl (C=O) groups is 2. The number of alkyl halides is 1. The number of carbonyl (C=O) groups excluding carboxylic acids is 2. The molecule has 114 valence electrons. The molecule has 1 amide bonds. The van der Waals surface area contributed by atoms with Gasteiger partial charge in [-0.3, -0.25) is 19.7 Å². The number of anilines is 1. The molecule has 0 saturated heterocycles. The van der Waals surface area contributed by atoms with Crippen molar-refractivity contribution in [3.05, 3.63) is 56.5 Å². The molecule has 0 saturated carbocycles. The van der Waals surface area contributed by atoms with Gasteiger partial charge >= 0.3 is 0 Å². The number of ketones is 1. The molecule has 8 heteroatoms. The summed E-state index contributed by atoms with van der Waals surface area (Å²) in [6.45, 7) is 1.73. The maximum atomic E-state index is 12.7. The van der Waals surface area contributed by atoms with E-state index in [-0.39, 0.29) is 21.6 Å². The van der Waals surface area contributed by atoms with Gasteiger partial charge in [-0.15, -0.1) is 11.3 Å².